The van der Waals surface area contributed by atoms with E-state index >= 15 is 0 Å². The van der Waals surface area contributed by atoms with Crippen molar-refractivity contribution in [2.45, 2.75) is 63.9 Å². The molecule has 0 aromatic heterocycles. The predicted molar refractivity (Wildman–Crippen MR) is 95.8 cm³/mol. The highest BCUT2D eigenvalue weighted by Crippen LogP contribution is 2.41. The van der Waals surface area contributed by atoms with E-state index in [-0.39, 0.29) is 42.0 Å². The second kappa shape index (κ2) is 7.20. The van der Waals surface area contributed by atoms with E-state index in [0.717, 1.165) is 18.4 Å². The third kappa shape index (κ3) is 4.11. The second-order valence-electron chi connectivity index (χ2n) is 8.01. The summed E-state index contributed by atoms with van der Waals surface area (Å²) in [5.41, 5.74) is 4.45. The molecule has 2 aliphatic heterocycles. The van der Waals surface area contributed by atoms with E-state index in [0.29, 0.717) is 12.3 Å². The summed E-state index contributed by atoms with van der Waals surface area (Å²) in [5, 5.41) is 8.55. The van der Waals surface area contributed by atoms with Crippen LogP contribution >= 0.6 is 0 Å². The zero-order chi connectivity index (χ0) is 20.1. The topological polar surface area (TPSA) is 65.6 Å². The van der Waals surface area contributed by atoms with E-state index < -0.39 is 6.36 Å². The standard InChI is InChI=1S/C19H25F3N4O2/c1-10(9-12-3-7-14(8-4-12)28-19(20,21)22)26-17-15(16(25-26)13-5-6-13)18(27)24-11(2)23-17/h3-4,7-8,10-11,13,15-17,23,25H,5-6,9H2,1-2H3,(H,24,27)/t10-,11?,15?,16?,17?/m0/s1. The largest absolute Gasteiger partial charge is 0.573 e. The highest BCUT2D eigenvalue weighted by molar-refractivity contribution is 5.81. The van der Waals surface area contributed by atoms with Crippen LogP contribution in [0, 0.1) is 11.8 Å². The van der Waals surface area contributed by atoms with E-state index in [9.17, 15) is 18.0 Å². The molecule has 4 rings (SSSR count). The number of carbonyl (C=O) groups excluding carboxylic acids is 1. The van der Waals surface area contributed by atoms with Crippen molar-refractivity contribution in [2.75, 3.05) is 0 Å². The van der Waals surface area contributed by atoms with Crippen LogP contribution in [0.4, 0.5) is 13.2 Å². The Morgan fingerprint density at radius 2 is 1.93 bits per heavy atom. The maximum atomic E-state index is 12.6. The summed E-state index contributed by atoms with van der Waals surface area (Å²) in [5.74, 6) is 0.221. The van der Waals surface area contributed by atoms with Crippen LogP contribution in [-0.2, 0) is 11.2 Å². The minimum absolute atomic E-state index is 0.0521. The first kappa shape index (κ1) is 19.5. The molecule has 3 aliphatic rings. The van der Waals surface area contributed by atoms with Crippen molar-refractivity contribution in [1.82, 2.24) is 21.1 Å². The number of nitrogens with one attached hydrogen (secondary N) is 3. The number of hydrogen-bond donors (Lipinski definition) is 3. The van der Waals surface area contributed by atoms with Gasteiger partial charge in [-0.3, -0.25) is 10.1 Å². The average molecular weight is 398 g/mol. The van der Waals surface area contributed by atoms with E-state index in [1.165, 1.54) is 12.1 Å². The van der Waals surface area contributed by atoms with Crippen molar-refractivity contribution in [3.63, 3.8) is 0 Å². The van der Waals surface area contributed by atoms with E-state index in [1.807, 2.05) is 6.92 Å². The molecule has 2 heterocycles. The van der Waals surface area contributed by atoms with Crippen LogP contribution in [0.2, 0.25) is 0 Å². The first-order chi connectivity index (χ1) is 13.2. The van der Waals surface area contributed by atoms with E-state index in [1.54, 1.807) is 12.1 Å². The normalized spacial score (nSPS) is 32.0. The summed E-state index contributed by atoms with van der Waals surface area (Å²) in [4.78, 5) is 12.6. The Bertz CT molecular complexity index is 723. The lowest BCUT2D eigenvalue weighted by molar-refractivity contribution is -0.274. The van der Waals surface area contributed by atoms with Gasteiger partial charge >= 0.3 is 6.36 Å². The van der Waals surface area contributed by atoms with Crippen molar-refractivity contribution in [3.05, 3.63) is 29.8 Å². The van der Waals surface area contributed by atoms with Gasteiger partial charge in [-0.2, -0.15) is 0 Å². The fourth-order valence-corrected chi connectivity index (χ4v) is 4.32. The molecular formula is C19H25F3N4O2. The Labute approximate surface area is 161 Å². The van der Waals surface area contributed by atoms with Gasteiger partial charge in [-0.25, -0.2) is 10.4 Å². The molecule has 9 heteroatoms. The van der Waals surface area contributed by atoms with Gasteiger partial charge in [0.25, 0.3) is 0 Å². The Morgan fingerprint density at radius 3 is 2.54 bits per heavy atom. The van der Waals surface area contributed by atoms with Crippen LogP contribution in [0.1, 0.15) is 32.3 Å². The van der Waals surface area contributed by atoms with Crippen molar-refractivity contribution in [2.24, 2.45) is 11.8 Å². The van der Waals surface area contributed by atoms with Gasteiger partial charge < -0.3 is 10.1 Å². The van der Waals surface area contributed by atoms with Crippen molar-refractivity contribution in [3.8, 4) is 5.75 Å². The van der Waals surface area contributed by atoms with Gasteiger partial charge in [-0.15, -0.1) is 13.2 Å². The van der Waals surface area contributed by atoms with Gasteiger partial charge in [0, 0.05) is 12.1 Å². The molecule has 1 amide bonds. The fourth-order valence-electron chi connectivity index (χ4n) is 4.32. The van der Waals surface area contributed by atoms with Crippen LogP contribution in [0.5, 0.6) is 5.75 Å². The van der Waals surface area contributed by atoms with Gasteiger partial charge in [0.15, 0.2) is 0 Å². The van der Waals surface area contributed by atoms with Gasteiger partial charge in [-0.05, 0) is 56.7 Å². The molecule has 154 valence electrons. The molecule has 28 heavy (non-hydrogen) atoms. The van der Waals surface area contributed by atoms with Crippen LogP contribution in [-0.4, -0.2) is 41.7 Å². The maximum absolute atomic E-state index is 12.6. The highest BCUT2D eigenvalue weighted by Gasteiger charge is 2.54. The summed E-state index contributed by atoms with van der Waals surface area (Å²) in [6, 6.07) is 6.13. The molecule has 1 saturated carbocycles. The molecule has 6 nitrogen and oxygen atoms in total. The lowest BCUT2D eigenvalue weighted by atomic mass is 9.92. The minimum atomic E-state index is -4.69. The maximum Gasteiger partial charge on any atom is 0.573 e. The average Bonchev–Trinajstić information content (AvgIpc) is 3.36. The number of amides is 1. The number of ether oxygens (including phenoxy) is 1. The predicted octanol–water partition coefficient (Wildman–Crippen LogP) is 2.12. The molecule has 3 N–H and O–H groups in total. The fraction of sp³-hybridized carbons (Fsp3) is 0.632. The lowest BCUT2D eigenvalue weighted by Gasteiger charge is -2.38. The number of halogens is 3. The third-order valence-electron chi connectivity index (χ3n) is 5.70. The van der Waals surface area contributed by atoms with Crippen LogP contribution < -0.4 is 20.8 Å². The molecule has 3 fully saturated rings. The van der Waals surface area contributed by atoms with Gasteiger partial charge in [0.1, 0.15) is 5.75 Å². The number of nitrogens with zero attached hydrogens (tertiary/aromatic N) is 1. The molecule has 2 saturated heterocycles. The van der Waals surface area contributed by atoms with Crippen LogP contribution in [0.3, 0.4) is 0 Å². The van der Waals surface area contributed by atoms with E-state index in [2.05, 4.69) is 32.7 Å². The number of carbonyl (C=O) groups is 1. The Hall–Kier alpha value is -1.84. The summed E-state index contributed by atoms with van der Waals surface area (Å²) in [6.07, 6.45) is -2.00. The quantitative estimate of drug-likeness (QED) is 0.709. The monoisotopic (exact) mass is 398 g/mol. The minimum Gasteiger partial charge on any atom is -0.406 e. The molecule has 0 radical (unpaired) electrons. The van der Waals surface area contributed by atoms with E-state index in [4.69, 9.17) is 0 Å². The Morgan fingerprint density at radius 1 is 1.25 bits per heavy atom. The molecule has 0 spiro atoms. The molecule has 5 atom stereocenters. The molecule has 1 aromatic carbocycles. The smallest absolute Gasteiger partial charge is 0.406 e. The zero-order valence-electron chi connectivity index (χ0n) is 15.8. The number of hydrogen-bond acceptors (Lipinski definition) is 5. The third-order valence-corrected chi connectivity index (χ3v) is 5.70. The number of rotatable bonds is 5. The molecule has 1 aliphatic carbocycles. The molecular weight excluding hydrogens is 373 g/mol. The molecule has 1 aromatic rings. The summed E-state index contributed by atoms with van der Waals surface area (Å²) >= 11 is 0. The van der Waals surface area contributed by atoms with Crippen molar-refractivity contribution in [1.29, 1.82) is 0 Å². The highest BCUT2D eigenvalue weighted by atomic mass is 19.4. The number of benzene rings is 1. The zero-order valence-corrected chi connectivity index (χ0v) is 15.8. The summed E-state index contributed by atoms with van der Waals surface area (Å²) in [7, 11) is 0. The second-order valence-corrected chi connectivity index (χ2v) is 8.01. The number of alkyl halides is 3. The van der Waals surface area contributed by atoms with Crippen molar-refractivity contribution < 1.29 is 22.7 Å². The molecule has 0 bridgehead atoms. The van der Waals surface area contributed by atoms with Gasteiger partial charge in [0.2, 0.25) is 5.91 Å². The Balaban J connectivity index is 1.45. The number of hydrazine groups is 1. The first-order valence-corrected chi connectivity index (χ1v) is 9.67. The summed E-state index contributed by atoms with van der Waals surface area (Å²) < 4.78 is 40.8. The molecule has 4 unspecified atom stereocenters. The summed E-state index contributed by atoms with van der Waals surface area (Å²) in [6.45, 7) is 3.97. The van der Waals surface area contributed by atoms with Gasteiger partial charge in [0.05, 0.1) is 18.2 Å². The lowest BCUT2D eigenvalue weighted by Crippen LogP contribution is -2.64. The SMILES string of the molecule is CC1NC(=O)C2C(C3CC3)NN([C@@H](C)Cc3ccc(OC(F)(F)F)cc3)C2N1. The first-order valence-electron chi connectivity index (χ1n) is 9.67. The van der Waals surface area contributed by atoms with Crippen molar-refractivity contribution >= 4 is 5.91 Å². The van der Waals surface area contributed by atoms with Gasteiger partial charge in [-0.1, -0.05) is 12.1 Å². The Kier molecular flexibility index (Phi) is 5.01. The van der Waals surface area contributed by atoms with Crippen LogP contribution in [0.25, 0.3) is 0 Å². The van der Waals surface area contributed by atoms with Crippen LogP contribution in [0.15, 0.2) is 24.3 Å². The number of fused-ring (bicyclic) bond motifs is 1.